The van der Waals surface area contributed by atoms with Crippen LogP contribution in [0.1, 0.15) is 58.4 Å². The molecule has 1 nitrogen and oxygen atoms in total. The molecule has 0 radical (unpaired) electrons. The normalized spacial score (nSPS) is 13.4. The van der Waals surface area contributed by atoms with Gasteiger partial charge < -0.3 is 5.11 Å². The van der Waals surface area contributed by atoms with E-state index in [2.05, 4.69) is 55.8 Å². The molecule has 2 unspecified atom stereocenters. The molecule has 0 aliphatic rings. The highest BCUT2D eigenvalue weighted by molar-refractivity contribution is 9.10. The summed E-state index contributed by atoms with van der Waals surface area (Å²) in [5.41, 5.74) is 1.29. The van der Waals surface area contributed by atoms with Crippen LogP contribution in [0.5, 0.6) is 0 Å². The van der Waals surface area contributed by atoms with Crippen molar-refractivity contribution < 1.29 is 5.11 Å². The van der Waals surface area contributed by atoms with Gasteiger partial charge in [-0.05, 0) is 44.2 Å². The third-order valence-electron chi connectivity index (χ3n) is 3.29. The van der Waals surface area contributed by atoms with Gasteiger partial charge in [-0.25, -0.2) is 0 Å². The standard InChI is InChI=1S/C10H22O.C7H7Br/c1-4-6-10(11)8-7-9(3)5-2;1-6-3-2-4-7(8)5-6/h9-11H,4-8H2,1-3H3;2-5H,1H3. The van der Waals surface area contributed by atoms with Gasteiger partial charge in [0, 0.05) is 4.47 Å². The molecule has 19 heavy (non-hydrogen) atoms. The zero-order valence-corrected chi connectivity index (χ0v) is 14.4. The van der Waals surface area contributed by atoms with Gasteiger partial charge in [0.2, 0.25) is 0 Å². The van der Waals surface area contributed by atoms with Crippen LogP contribution in [-0.4, -0.2) is 11.2 Å². The van der Waals surface area contributed by atoms with Gasteiger partial charge in [0.15, 0.2) is 0 Å². The Morgan fingerprint density at radius 3 is 2.26 bits per heavy atom. The van der Waals surface area contributed by atoms with E-state index in [0.717, 1.165) is 29.7 Å². The largest absolute Gasteiger partial charge is 0.393 e. The molecule has 0 saturated carbocycles. The Morgan fingerprint density at radius 2 is 1.84 bits per heavy atom. The Kier molecular flexibility index (Phi) is 11.3. The lowest BCUT2D eigenvalue weighted by Crippen LogP contribution is -2.07. The van der Waals surface area contributed by atoms with Crippen molar-refractivity contribution in [2.45, 2.75) is 65.9 Å². The fourth-order valence-electron chi connectivity index (χ4n) is 1.76. The summed E-state index contributed by atoms with van der Waals surface area (Å²) in [5.74, 6) is 0.779. The molecule has 0 fully saturated rings. The van der Waals surface area contributed by atoms with E-state index >= 15 is 0 Å². The molecule has 0 heterocycles. The average molecular weight is 329 g/mol. The average Bonchev–Trinajstić information content (AvgIpc) is 2.36. The number of halogens is 1. The van der Waals surface area contributed by atoms with Crippen LogP contribution in [0.3, 0.4) is 0 Å². The van der Waals surface area contributed by atoms with Gasteiger partial charge in [-0.15, -0.1) is 0 Å². The van der Waals surface area contributed by atoms with Crippen LogP contribution in [0.25, 0.3) is 0 Å². The highest BCUT2D eigenvalue weighted by Crippen LogP contribution is 2.13. The van der Waals surface area contributed by atoms with E-state index in [4.69, 9.17) is 0 Å². The fraction of sp³-hybridized carbons (Fsp3) is 0.647. The molecule has 1 N–H and O–H groups in total. The summed E-state index contributed by atoms with van der Waals surface area (Å²) in [6, 6.07) is 8.21. The van der Waals surface area contributed by atoms with Crippen molar-refractivity contribution in [2.75, 3.05) is 0 Å². The number of benzene rings is 1. The second-order valence-corrected chi connectivity index (χ2v) is 6.25. The van der Waals surface area contributed by atoms with Crippen molar-refractivity contribution in [3.8, 4) is 0 Å². The van der Waals surface area contributed by atoms with E-state index in [1.165, 1.54) is 18.4 Å². The van der Waals surface area contributed by atoms with E-state index in [-0.39, 0.29) is 6.10 Å². The number of aliphatic hydroxyl groups excluding tert-OH is 1. The highest BCUT2D eigenvalue weighted by atomic mass is 79.9. The molecular weight excluding hydrogens is 300 g/mol. The van der Waals surface area contributed by atoms with E-state index in [9.17, 15) is 5.11 Å². The van der Waals surface area contributed by atoms with Crippen molar-refractivity contribution in [2.24, 2.45) is 5.92 Å². The first-order chi connectivity index (χ1) is 8.99. The summed E-state index contributed by atoms with van der Waals surface area (Å²) in [4.78, 5) is 0. The smallest absolute Gasteiger partial charge is 0.0540 e. The van der Waals surface area contributed by atoms with E-state index < -0.39 is 0 Å². The summed E-state index contributed by atoms with van der Waals surface area (Å²) >= 11 is 3.36. The summed E-state index contributed by atoms with van der Waals surface area (Å²) in [5, 5.41) is 9.39. The molecule has 1 aromatic rings. The molecule has 2 atom stereocenters. The number of aliphatic hydroxyl groups is 1. The minimum absolute atomic E-state index is 0.0472. The Morgan fingerprint density at radius 1 is 1.16 bits per heavy atom. The van der Waals surface area contributed by atoms with Crippen LogP contribution in [0.4, 0.5) is 0 Å². The number of rotatable bonds is 6. The molecule has 0 aromatic heterocycles. The second kappa shape index (κ2) is 11.5. The summed E-state index contributed by atoms with van der Waals surface area (Å²) in [7, 11) is 0. The zero-order valence-electron chi connectivity index (χ0n) is 12.8. The van der Waals surface area contributed by atoms with E-state index in [1.54, 1.807) is 0 Å². The summed E-state index contributed by atoms with van der Waals surface area (Å²) in [6.45, 7) is 8.65. The lowest BCUT2D eigenvalue weighted by atomic mass is 9.99. The first kappa shape index (κ1) is 18.7. The van der Waals surface area contributed by atoms with Gasteiger partial charge in [0.25, 0.3) is 0 Å². The van der Waals surface area contributed by atoms with Gasteiger partial charge in [0.1, 0.15) is 0 Å². The molecule has 110 valence electrons. The first-order valence-corrected chi connectivity index (χ1v) is 8.19. The van der Waals surface area contributed by atoms with Crippen LogP contribution in [0.2, 0.25) is 0 Å². The van der Waals surface area contributed by atoms with Gasteiger partial charge in [-0.1, -0.05) is 67.2 Å². The summed E-state index contributed by atoms with van der Waals surface area (Å²) < 4.78 is 1.15. The minimum Gasteiger partial charge on any atom is -0.393 e. The maximum atomic E-state index is 9.39. The highest BCUT2D eigenvalue weighted by Gasteiger charge is 2.04. The van der Waals surface area contributed by atoms with Gasteiger partial charge in [-0.2, -0.15) is 0 Å². The van der Waals surface area contributed by atoms with E-state index in [1.807, 2.05) is 12.1 Å². The van der Waals surface area contributed by atoms with Crippen molar-refractivity contribution in [1.29, 1.82) is 0 Å². The number of hydrogen-bond acceptors (Lipinski definition) is 1. The Labute approximate surface area is 127 Å². The zero-order chi connectivity index (χ0) is 14.7. The fourth-order valence-corrected chi connectivity index (χ4v) is 2.28. The van der Waals surface area contributed by atoms with Crippen LogP contribution < -0.4 is 0 Å². The Hall–Kier alpha value is -0.340. The maximum absolute atomic E-state index is 9.39. The third-order valence-corrected chi connectivity index (χ3v) is 3.78. The summed E-state index contributed by atoms with van der Waals surface area (Å²) in [6.07, 6.45) is 5.42. The molecule has 1 aromatic carbocycles. The van der Waals surface area contributed by atoms with Crippen molar-refractivity contribution in [3.05, 3.63) is 34.3 Å². The van der Waals surface area contributed by atoms with Crippen molar-refractivity contribution in [3.63, 3.8) is 0 Å². The third kappa shape index (κ3) is 11.2. The van der Waals surface area contributed by atoms with E-state index in [0.29, 0.717) is 0 Å². The predicted octanol–water partition coefficient (Wildman–Crippen LogP) is 5.73. The number of hydrogen-bond donors (Lipinski definition) is 1. The predicted molar refractivity (Wildman–Crippen MR) is 88.5 cm³/mol. The Balaban J connectivity index is 0.000000356. The SMILES string of the molecule is CCCC(O)CCC(C)CC.Cc1cccc(Br)c1. The van der Waals surface area contributed by atoms with Crippen LogP contribution in [0, 0.1) is 12.8 Å². The van der Waals surface area contributed by atoms with Gasteiger partial charge in [0.05, 0.1) is 6.10 Å². The Bertz CT molecular complexity index is 308. The lowest BCUT2D eigenvalue weighted by molar-refractivity contribution is 0.145. The van der Waals surface area contributed by atoms with Crippen LogP contribution in [-0.2, 0) is 0 Å². The quantitative estimate of drug-likeness (QED) is 0.706. The topological polar surface area (TPSA) is 20.2 Å². The van der Waals surface area contributed by atoms with Gasteiger partial charge >= 0.3 is 0 Å². The minimum atomic E-state index is -0.0472. The lowest BCUT2D eigenvalue weighted by Gasteiger charge is -2.12. The van der Waals surface area contributed by atoms with Gasteiger partial charge in [-0.3, -0.25) is 0 Å². The maximum Gasteiger partial charge on any atom is 0.0540 e. The van der Waals surface area contributed by atoms with Crippen LogP contribution >= 0.6 is 15.9 Å². The first-order valence-electron chi connectivity index (χ1n) is 7.39. The molecule has 0 saturated heterocycles. The molecule has 1 rings (SSSR count). The molecule has 2 heteroatoms. The molecule has 0 aliphatic carbocycles. The van der Waals surface area contributed by atoms with Crippen LogP contribution in [0.15, 0.2) is 28.7 Å². The van der Waals surface area contributed by atoms with Crippen molar-refractivity contribution >= 4 is 15.9 Å². The molecule has 0 spiro atoms. The molecule has 0 bridgehead atoms. The monoisotopic (exact) mass is 328 g/mol. The van der Waals surface area contributed by atoms with Crippen molar-refractivity contribution in [1.82, 2.24) is 0 Å². The second-order valence-electron chi connectivity index (χ2n) is 5.33. The molecular formula is C17H29BrO. The number of aryl methyl sites for hydroxylation is 1. The molecule has 0 aliphatic heterocycles. The molecule has 0 amide bonds.